The lowest BCUT2D eigenvalue weighted by Gasteiger charge is -2.36. The summed E-state index contributed by atoms with van der Waals surface area (Å²) in [7, 11) is 1.87. The molecule has 22 heavy (non-hydrogen) atoms. The maximum absolute atomic E-state index is 12.2. The van der Waals surface area contributed by atoms with Gasteiger partial charge in [0.15, 0.2) is 0 Å². The van der Waals surface area contributed by atoms with Gasteiger partial charge in [-0.25, -0.2) is 4.79 Å². The van der Waals surface area contributed by atoms with E-state index in [9.17, 15) is 4.79 Å². The Labute approximate surface area is 129 Å². The number of pyridine rings is 1. The predicted molar refractivity (Wildman–Crippen MR) is 83.5 cm³/mol. The molecule has 0 radical (unpaired) electrons. The van der Waals surface area contributed by atoms with E-state index in [1.54, 1.807) is 23.3 Å². The van der Waals surface area contributed by atoms with Gasteiger partial charge in [0, 0.05) is 57.5 Å². The summed E-state index contributed by atoms with van der Waals surface area (Å²) in [6, 6.07) is 5.88. The standard InChI is InChI=1S/C15H20N6O/c1-19-14(4-7-18-19)12-17-15(22)21-10-8-20(9-11-21)13-2-5-16-6-3-13/h2-7H,8-12H2,1H3,(H,17,22). The molecule has 0 spiro atoms. The minimum Gasteiger partial charge on any atom is -0.368 e. The number of piperazine rings is 1. The highest BCUT2D eigenvalue weighted by Gasteiger charge is 2.21. The van der Waals surface area contributed by atoms with Crippen molar-refractivity contribution in [2.75, 3.05) is 31.1 Å². The molecule has 7 nitrogen and oxygen atoms in total. The molecule has 0 saturated carbocycles. The largest absolute Gasteiger partial charge is 0.368 e. The number of carbonyl (C=O) groups excluding carboxylic acids is 1. The molecule has 0 aliphatic carbocycles. The van der Waals surface area contributed by atoms with E-state index in [2.05, 4.69) is 20.3 Å². The average molecular weight is 300 g/mol. The Morgan fingerprint density at radius 2 is 1.86 bits per heavy atom. The maximum Gasteiger partial charge on any atom is 0.317 e. The summed E-state index contributed by atoms with van der Waals surface area (Å²) in [5, 5.41) is 7.04. The van der Waals surface area contributed by atoms with Crippen LogP contribution < -0.4 is 10.2 Å². The van der Waals surface area contributed by atoms with Crippen LogP contribution in [0.5, 0.6) is 0 Å². The Morgan fingerprint density at radius 1 is 1.14 bits per heavy atom. The molecule has 0 unspecified atom stereocenters. The molecule has 0 aromatic carbocycles. The quantitative estimate of drug-likeness (QED) is 0.912. The number of amides is 2. The molecule has 1 fully saturated rings. The normalized spacial score (nSPS) is 15.0. The lowest BCUT2D eigenvalue weighted by molar-refractivity contribution is 0.193. The van der Waals surface area contributed by atoms with Crippen molar-refractivity contribution < 1.29 is 4.79 Å². The van der Waals surface area contributed by atoms with Crippen molar-refractivity contribution in [2.24, 2.45) is 7.05 Å². The van der Waals surface area contributed by atoms with Gasteiger partial charge in [-0.2, -0.15) is 5.10 Å². The zero-order valence-corrected chi connectivity index (χ0v) is 12.6. The van der Waals surface area contributed by atoms with Gasteiger partial charge in [-0.3, -0.25) is 9.67 Å². The monoisotopic (exact) mass is 300 g/mol. The van der Waals surface area contributed by atoms with E-state index in [-0.39, 0.29) is 6.03 Å². The van der Waals surface area contributed by atoms with E-state index in [1.807, 2.05) is 30.1 Å². The Hall–Kier alpha value is -2.57. The molecule has 1 aliphatic rings. The third-order valence-corrected chi connectivity index (χ3v) is 3.94. The van der Waals surface area contributed by atoms with Gasteiger partial charge in [0.2, 0.25) is 0 Å². The minimum atomic E-state index is -0.0180. The molecule has 2 amide bonds. The number of aromatic nitrogens is 3. The zero-order chi connectivity index (χ0) is 15.4. The molecule has 7 heteroatoms. The van der Waals surface area contributed by atoms with Crippen LogP contribution in [0, 0.1) is 0 Å². The summed E-state index contributed by atoms with van der Waals surface area (Å²) >= 11 is 0. The van der Waals surface area contributed by atoms with Crippen molar-refractivity contribution in [1.82, 2.24) is 25.0 Å². The van der Waals surface area contributed by atoms with Crippen LogP contribution in [0.25, 0.3) is 0 Å². The van der Waals surface area contributed by atoms with E-state index in [1.165, 1.54) is 0 Å². The van der Waals surface area contributed by atoms with Crippen LogP contribution in [-0.4, -0.2) is 51.9 Å². The first-order valence-corrected chi connectivity index (χ1v) is 7.38. The fourth-order valence-corrected chi connectivity index (χ4v) is 2.58. The molecule has 116 valence electrons. The van der Waals surface area contributed by atoms with Crippen LogP contribution in [0.3, 0.4) is 0 Å². The summed E-state index contributed by atoms with van der Waals surface area (Å²) in [6.45, 7) is 3.62. The Bertz CT molecular complexity index is 618. The lowest BCUT2D eigenvalue weighted by atomic mass is 10.3. The van der Waals surface area contributed by atoms with Crippen LogP contribution >= 0.6 is 0 Å². The molecule has 1 saturated heterocycles. The lowest BCUT2D eigenvalue weighted by Crippen LogP contribution is -2.51. The van der Waals surface area contributed by atoms with Gasteiger partial charge >= 0.3 is 6.03 Å². The van der Waals surface area contributed by atoms with E-state index >= 15 is 0 Å². The number of nitrogens with one attached hydrogen (secondary N) is 1. The fraction of sp³-hybridized carbons (Fsp3) is 0.400. The molecule has 2 aromatic heterocycles. The first kappa shape index (κ1) is 14.4. The number of hydrogen-bond donors (Lipinski definition) is 1. The highest BCUT2D eigenvalue weighted by atomic mass is 16.2. The van der Waals surface area contributed by atoms with Crippen molar-refractivity contribution in [1.29, 1.82) is 0 Å². The molecule has 2 aromatic rings. The summed E-state index contributed by atoms with van der Waals surface area (Å²) < 4.78 is 1.77. The van der Waals surface area contributed by atoms with Crippen molar-refractivity contribution in [3.05, 3.63) is 42.5 Å². The van der Waals surface area contributed by atoms with E-state index in [4.69, 9.17) is 0 Å². The summed E-state index contributed by atoms with van der Waals surface area (Å²) in [5.41, 5.74) is 2.15. The average Bonchev–Trinajstić information content (AvgIpc) is 2.99. The van der Waals surface area contributed by atoms with Gasteiger partial charge in [-0.1, -0.05) is 0 Å². The number of nitrogens with zero attached hydrogens (tertiary/aromatic N) is 5. The SMILES string of the molecule is Cn1nccc1CNC(=O)N1CCN(c2ccncc2)CC1. The van der Waals surface area contributed by atoms with Crippen LogP contribution in [0.15, 0.2) is 36.8 Å². The Morgan fingerprint density at radius 3 is 2.50 bits per heavy atom. The third kappa shape index (κ3) is 3.19. The van der Waals surface area contributed by atoms with Crippen molar-refractivity contribution in [3.63, 3.8) is 0 Å². The van der Waals surface area contributed by atoms with Gasteiger partial charge < -0.3 is 15.1 Å². The number of urea groups is 1. The summed E-state index contributed by atoms with van der Waals surface area (Å²) in [4.78, 5) is 20.4. The van der Waals surface area contributed by atoms with Gasteiger partial charge in [0.05, 0.1) is 12.2 Å². The van der Waals surface area contributed by atoms with E-state index < -0.39 is 0 Å². The maximum atomic E-state index is 12.2. The Kier molecular flexibility index (Phi) is 4.22. The molecular weight excluding hydrogens is 280 g/mol. The Balaban J connectivity index is 1.49. The molecule has 1 aliphatic heterocycles. The summed E-state index contributed by atoms with van der Waals surface area (Å²) in [6.07, 6.45) is 5.32. The minimum absolute atomic E-state index is 0.0180. The fourth-order valence-electron chi connectivity index (χ4n) is 2.58. The van der Waals surface area contributed by atoms with E-state index in [0.717, 1.165) is 37.6 Å². The van der Waals surface area contributed by atoms with Crippen LogP contribution in [-0.2, 0) is 13.6 Å². The highest BCUT2D eigenvalue weighted by Crippen LogP contribution is 2.14. The van der Waals surface area contributed by atoms with Gasteiger partial charge in [0.25, 0.3) is 0 Å². The smallest absolute Gasteiger partial charge is 0.317 e. The van der Waals surface area contributed by atoms with Crippen molar-refractivity contribution >= 4 is 11.7 Å². The van der Waals surface area contributed by atoms with Crippen LogP contribution in [0.4, 0.5) is 10.5 Å². The highest BCUT2D eigenvalue weighted by molar-refractivity contribution is 5.74. The first-order valence-electron chi connectivity index (χ1n) is 7.38. The number of anilines is 1. The van der Waals surface area contributed by atoms with Crippen molar-refractivity contribution in [2.45, 2.75) is 6.54 Å². The number of hydrogen-bond acceptors (Lipinski definition) is 4. The molecule has 3 rings (SSSR count). The second kappa shape index (κ2) is 6.46. The second-order valence-electron chi connectivity index (χ2n) is 5.28. The molecule has 1 N–H and O–H groups in total. The number of aryl methyl sites for hydroxylation is 1. The van der Waals surface area contributed by atoms with Crippen molar-refractivity contribution in [3.8, 4) is 0 Å². The van der Waals surface area contributed by atoms with E-state index in [0.29, 0.717) is 6.54 Å². The zero-order valence-electron chi connectivity index (χ0n) is 12.6. The van der Waals surface area contributed by atoms with Gasteiger partial charge in [-0.05, 0) is 18.2 Å². The summed E-state index contributed by atoms with van der Waals surface area (Å²) in [5.74, 6) is 0. The third-order valence-electron chi connectivity index (χ3n) is 3.94. The second-order valence-corrected chi connectivity index (χ2v) is 5.28. The van der Waals surface area contributed by atoms with Gasteiger partial charge in [-0.15, -0.1) is 0 Å². The predicted octanol–water partition coefficient (Wildman–Crippen LogP) is 0.847. The molecular formula is C15H20N6O. The topological polar surface area (TPSA) is 66.3 Å². The number of carbonyl (C=O) groups is 1. The number of rotatable bonds is 3. The molecule has 0 bridgehead atoms. The molecule has 3 heterocycles. The molecule has 0 atom stereocenters. The van der Waals surface area contributed by atoms with Crippen LogP contribution in [0.1, 0.15) is 5.69 Å². The first-order chi connectivity index (χ1) is 10.7. The van der Waals surface area contributed by atoms with Crippen LogP contribution in [0.2, 0.25) is 0 Å². The van der Waals surface area contributed by atoms with Gasteiger partial charge in [0.1, 0.15) is 0 Å².